The summed E-state index contributed by atoms with van der Waals surface area (Å²) >= 11 is 0. The maximum atomic E-state index is 13.5. The lowest BCUT2D eigenvalue weighted by Gasteiger charge is -2.26. The van der Waals surface area contributed by atoms with Gasteiger partial charge in [-0.1, -0.05) is 47.3 Å². The third kappa shape index (κ3) is 5.95. The van der Waals surface area contributed by atoms with Gasteiger partial charge in [0.15, 0.2) is 5.75 Å². The zero-order valence-electron chi connectivity index (χ0n) is 19.0. The van der Waals surface area contributed by atoms with Crippen LogP contribution in [-0.4, -0.2) is 45.4 Å². The van der Waals surface area contributed by atoms with Crippen molar-refractivity contribution in [1.29, 1.82) is 0 Å². The number of anilines is 1. The molecule has 1 N–H and O–H groups in total. The number of rotatable bonds is 9. The first kappa shape index (κ1) is 23.8. The molecule has 1 fully saturated rings. The summed E-state index contributed by atoms with van der Waals surface area (Å²) in [6.07, 6.45) is 3.69. The highest BCUT2D eigenvalue weighted by Gasteiger charge is 2.27. The topological polar surface area (TPSA) is 79.0 Å². The predicted molar refractivity (Wildman–Crippen MR) is 132 cm³/mol. The van der Waals surface area contributed by atoms with Gasteiger partial charge >= 0.3 is 0 Å². The van der Waals surface area contributed by atoms with E-state index in [1.54, 1.807) is 54.6 Å². The lowest BCUT2D eigenvalue weighted by atomic mass is 10.1. The first-order valence-corrected chi connectivity index (χ1v) is 12.9. The fourth-order valence-corrected chi connectivity index (χ4v) is 5.11. The van der Waals surface area contributed by atoms with Crippen molar-refractivity contribution in [2.24, 2.45) is 0 Å². The second-order valence-electron chi connectivity index (χ2n) is 8.15. The van der Waals surface area contributed by atoms with Gasteiger partial charge in [-0.15, -0.1) is 0 Å². The zero-order valence-corrected chi connectivity index (χ0v) is 19.8. The van der Waals surface area contributed by atoms with Gasteiger partial charge in [0.25, 0.3) is 15.9 Å². The summed E-state index contributed by atoms with van der Waals surface area (Å²) in [4.78, 5) is 20.7. The molecule has 0 atom stereocenters. The van der Waals surface area contributed by atoms with E-state index in [0.717, 1.165) is 24.1 Å². The van der Waals surface area contributed by atoms with Crippen molar-refractivity contribution in [3.63, 3.8) is 0 Å². The number of carbonyl (C=O) groups excluding carboxylic acids is 1. The van der Waals surface area contributed by atoms with Crippen LogP contribution in [0.4, 0.5) is 5.69 Å². The third-order valence-corrected chi connectivity index (χ3v) is 7.28. The maximum Gasteiger partial charge on any atom is 0.295 e. The highest BCUT2D eigenvalue weighted by atomic mass is 32.2. The van der Waals surface area contributed by atoms with Crippen LogP contribution in [0.5, 0.6) is 5.75 Å². The quantitative estimate of drug-likeness (QED) is 0.468. The third-order valence-electron chi connectivity index (χ3n) is 5.69. The maximum absolute atomic E-state index is 13.5. The smallest absolute Gasteiger partial charge is 0.295 e. The average Bonchev–Trinajstić information content (AvgIpc) is 2.89. The number of likely N-dealkylation sites (tertiary alicyclic amines) is 1. The molecule has 0 unspecified atom stereocenters. The van der Waals surface area contributed by atoms with Crippen LogP contribution in [0.3, 0.4) is 0 Å². The molecule has 1 heterocycles. The van der Waals surface area contributed by atoms with E-state index in [9.17, 15) is 13.2 Å². The predicted octanol–water partition coefficient (Wildman–Crippen LogP) is 4.09. The van der Waals surface area contributed by atoms with Crippen molar-refractivity contribution >= 4 is 21.6 Å². The largest absolute Gasteiger partial charge is 0.364 e. The molecule has 1 amide bonds. The second kappa shape index (κ2) is 11.2. The van der Waals surface area contributed by atoms with E-state index in [2.05, 4.69) is 10.2 Å². The number of para-hydroxylation sites is 2. The Hall–Kier alpha value is -3.36. The van der Waals surface area contributed by atoms with Gasteiger partial charge in [-0.05, 0) is 74.5 Å². The van der Waals surface area contributed by atoms with E-state index in [1.165, 1.54) is 43.5 Å². The highest BCUT2D eigenvalue weighted by Crippen LogP contribution is 2.26. The fourth-order valence-electron chi connectivity index (χ4n) is 3.85. The van der Waals surface area contributed by atoms with Gasteiger partial charge in [0.05, 0.1) is 10.6 Å². The minimum atomic E-state index is -4.05. The molecule has 4 rings (SSSR count). The number of hydrogen-bond acceptors (Lipinski definition) is 5. The van der Waals surface area contributed by atoms with E-state index in [1.807, 2.05) is 6.07 Å². The number of nitrogens with zero attached hydrogens (tertiary/aromatic N) is 2. The molecule has 3 aromatic carbocycles. The van der Waals surface area contributed by atoms with Crippen molar-refractivity contribution in [2.45, 2.75) is 24.2 Å². The number of hydrogen-bond donors (Lipinski definition) is 1. The molecule has 1 saturated heterocycles. The number of amides is 1. The molecule has 3 aromatic rings. The summed E-state index contributed by atoms with van der Waals surface area (Å²) in [6, 6.07) is 23.2. The number of benzene rings is 3. The summed E-state index contributed by atoms with van der Waals surface area (Å²) in [5.41, 5.74) is 0.777. The summed E-state index contributed by atoms with van der Waals surface area (Å²) in [5.74, 6) is 0.168. The van der Waals surface area contributed by atoms with E-state index in [4.69, 9.17) is 4.84 Å². The van der Waals surface area contributed by atoms with Gasteiger partial charge in [-0.2, -0.15) is 8.42 Å². The van der Waals surface area contributed by atoms with E-state index in [-0.39, 0.29) is 10.8 Å². The van der Waals surface area contributed by atoms with Crippen LogP contribution in [0, 0.1) is 0 Å². The lowest BCUT2D eigenvalue weighted by Crippen LogP contribution is -2.37. The molecular weight excluding hydrogens is 450 g/mol. The van der Waals surface area contributed by atoms with Crippen molar-refractivity contribution in [3.05, 3.63) is 90.5 Å². The first-order valence-electron chi connectivity index (χ1n) is 11.5. The summed E-state index contributed by atoms with van der Waals surface area (Å²) in [6.45, 7) is 3.53. The first-order chi connectivity index (χ1) is 16.5. The number of piperidine rings is 1. The average molecular weight is 480 g/mol. The van der Waals surface area contributed by atoms with Crippen molar-refractivity contribution < 1.29 is 18.0 Å². The van der Waals surface area contributed by atoms with Crippen LogP contribution in [0.15, 0.2) is 89.8 Å². The van der Waals surface area contributed by atoms with Crippen molar-refractivity contribution in [2.75, 3.05) is 30.6 Å². The zero-order chi connectivity index (χ0) is 23.8. The van der Waals surface area contributed by atoms with Gasteiger partial charge in [-0.3, -0.25) is 4.79 Å². The molecule has 0 spiro atoms. The van der Waals surface area contributed by atoms with E-state index in [0.29, 0.717) is 23.5 Å². The Labute approximate surface area is 201 Å². The summed E-state index contributed by atoms with van der Waals surface area (Å²) in [5, 5.41) is 2.92. The molecule has 0 aromatic heterocycles. The molecular formula is C26H29N3O4S. The highest BCUT2D eigenvalue weighted by molar-refractivity contribution is 7.92. The molecule has 34 heavy (non-hydrogen) atoms. The van der Waals surface area contributed by atoms with Crippen LogP contribution >= 0.6 is 0 Å². The Morgan fingerprint density at radius 1 is 0.853 bits per heavy atom. The van der Waals surface area contributed by atoms with Crippen molar-refractivity contribution in [1.82, 2.24) is 10.2 Å². The Morgan fingerprint density at radius 3 is 2.12 bits per heavy atom. The van der Waals surface area contributed by atoms with Gasteiger partial charge in [-0.25, -0.2) is 0 Å². The summed E-state index contributed by atoms with van der Waals surface area (Å²) in [7, 11) is -4.05. The monoisotopic (exact) mass is 479 g/mol. The van der Waals surface area contributed by atoms with Gasteiger partial charge in [0.2, 0.25) is 0 Å². The molecule has 0 bridgehead atoms. The van der Waals surface area contributed by atoms with E-state index < -0.39 is 10.0 Å². The molecule has 0 radical (unpaired) electrons. The Balaban J connectivity index is 1.47. The lowest BCUT2D eigenvalue weighted by molar-refractivity contribution is 0.0946. The summed E-state index contributed by atoms with van der Waals surface area (Å²) < 4.78 is 27.8. The second-order valence-corrected chi connectivity index (χ2v) is 9.91. The van der Waals surface area contributed by atoms with Gasteiger partial charge in [0, 0.05) is 18.7 Å². The SMILES string of the molecule is O=C(NCCN1CCCCC1)c1ccc(S(=O)(=O)N(Oc2ccccc2)c2ccccc2)cc1. The molecule has 0 saturated carbocycles. The Kier molecular flexibility index (Phi) is 7.82. The Morgan fingerprint density at radius 2 is 1.47 bits per heavy atom. The Bertz CT molecular complexity index is 1160. The van der Waals surface area contributed by atoms with Crippen molar-refractivity contribution in [3.8, 4) is 5.75 Å². The number of carbonyl (C=O) groups is 1. The van der Waals surface area contributed by atoms with Gasteiger partial charge < -0.3 is 15.1 Å². The standard InChI is InChI=1S/C26H29N3O4S/c30-26(27-18-21-28-19-8-3-9-20-28)22-14-16-25(17-15-22)34(31,32)29(23-10-4-1-5-11-23)33-24-12-6-2-7-13-24/h1-2,4-7,10-17H,3,8-9,18-21H2,(H,27,30). The fraction of sp³-hybridized carbons (Fsp3) is 0.269. The van der Waals surface area contributed by atoms with Crippen LogP contribution in [-0.2, 0) is 10.0 Å². The molecule has 178 valence electrons. The number of nitrogens with one attached hydrogen (secondary N) is 1. The van der Waals surface area contributed by atoms with Crippen LogP contribution in [0.1, 0.15) is 29.6 Å². The number of sulfonamides is 1. The van der Waals surface area contributed by atoms with Gasteiger partial charge in [0.1, 0.15) is 0 Å². The normalized spacial score (nSPS) is 14.4. The minimum absolute atomic E-state index is 0.0251. The van der Waals surface area contributed by atoms with Crippen LogP contribution in [0.2, 0.25) is 0 Å². The van der Waals surface area contributed by atoms with Crippen LogP contribution in [0.25, 0.3) is 0 Å². The molecule has 7 nitrogen and oxygen atoms in total. The molecule has 1 aliphatic rings. The minimum Gasteiger partial charge on any atom is -0.364 e. The van der Waals surface area contributed by atoms with E-state index >= 15 is 0 Å². The molecule has 8 heteroatoms. The molecule has 1 aliphatic heterocycles. The van der Waals surface area contributed by atoms with Crippen LogP contribution < -0.4 is 14.6 Å². The molecule has 0 aliphatic carbocycles.